The summed E-state index contributed by atoms with van der Waals surface area (Å²) in [6.45, 7) is 2.80. The number of nitrogens with zero attached hydrogens (tertiary/aromatic N) is 2. The van der Waals surface area contributed by atoms with Crippen molar-refractivity contribution in [3.05, 3.63) is 18.2 Å². The zero-order chi connectivity index (χ0) is 16.9. The Morgan fingerprint density at radius 2 is 2.08 bits per heavy atom. The Kier molecular flexibility index (Phi) is 4.80. The number of ether oxygens (including phenoxy) is 1. The van der Waals surface area contributed by atoms with Gasteiger partial charge in [0, 0.05) is 31.4 Å². The molecule has 9 nitrogen and oxygen atoms in total. The third-order valence-corrected chi connectivity index (χ3v) is 3.54. The Hall–Kier alpha value is -2.81. The van der Waals surface area contributed by atoms with Gasteiger partial charge in [0.15, 0.2) is 5.58 Å². The van der Waals surface area contributed by atoms with Crippen LogP contribution in [0.1, 0.15) is 6.42 Å². The molecule has 2 aromatic rings. The number of rotatable bonds is 5. The molecule has 0 radical (unpaired) electrons. The number of urea groups is 1. The first-order valence-corrected chi connectivity index (χ1v) is 7.62. The van der Waals surface area contributed by atoms with Crippen molar-refractivity contribution in [2.24, 2.45) is 0 Å². The molecule has 1 saturated heterocycles. The van der Waals surface area contributed by atoms with Crippen LogP contribution in [0.25, 0.3) is 11.1 Å². The lowest BCUT2D eigenvalue weighted by molar-refractivity contribution is -0.136. The van der Waals surface area contributed by atoms with E-state index in [1.165, 1.54) is 0 Å². The highest BCUT2D eigenvalue weighted by atomic mass is 16.5. The maximum absolute atomic E-state index is 11.7. The van der Waals surface area contributed by atoms with Gasteiger partial charge in [-0.25, -0.2) is 4.79 Å². The molecule has 0 unspecified atom stereocenters. The summed E-state index contributed by atoms with van der Waals surface area (Å²) in [4.78, 5) is 28.6. The minimum Gasteiger partial charge on any atom is -0.481 e. The summed E-state index contributed by atoms with van der Waals surface area (Å²) < 4.78 is 11.1. The number of carboxylic acids is 1. The molecule has 2 amide bonds. The van der Waals surface area contributed by atoms with Gasteiger partial charge in [0.1, 0.15) is 5.52 Å². The number of oxazole rings is 1. The fourth-order valence-electron chi connectivity index (χ4n) is 2.34. The van der Waals surface area contributed by atoms with Crippen molar-refractivity contribution in [3.8, 4) is 0 Å². The molecule has 0 aliphatic carbocycles. The van der Waals surface area contributed by atoms with Crippen LogP contribution in [0.4, 0.5) is 16.5 Å². The van der Waals surface area contributed by atoms with Gasteiger partial charge in [-0.1, -0.05) is 0 Å². The lowest BCUT2D eigenvalue weighted by Gasteiger charge is -2.24. The number of nitrogens with one attached hydrogen (secondary N) is 2. The number of carbonyl (C=O) groups excluding carboxylic acids is 1. The third kappa shape index (κ3) is 3.93. The quantitative estimate of drug-likeness (QED) is 0.753. The standard InChI is InChI=1S/C15H18N4O5/c20-13(21)3-4-16-14(22)17-10-1-2-11-12(9-10)24-15(18-11)19-5-7-23-8-6-19/h1-2,9H,3-8H2,(H,20,21)(H2,16,17,22). The van der Waals surface area contributed by atoms with Crippen molar-refractivity contribution >= 4 is 34.8 Å². The molecule has 128 valence electrons. The van der Waals surface area contributed by atoms with Crippen LogP contribution in [0.5, 0.6) is 0 Å². The molecule has 24 heavy (non-hydrogen) atoms. The minimum atomic E-state index is -0.964. The zero-order valence-corrected chi connectivity index (χ0v) is 12.9. The number of hydrogen-bond donors (Lipinski definition) is 3. The smallest absolute Gasteiger partial charge is 0.319 e. The molecule has 1 aromatic heterocycles. The van der Waals surface area contributed by atoms with Crippen LogP contribution >= 0.6 is 0 Å². The molecule has 1 aromatic carbocycles. The van der Waals surface area contributed by atoms with E-state index in [4.69, 9.17) is 14.3 Å². The third-order valence-electron chi connectivity index (χ3n) is 3.54. The number of fused-ring (bicyclic) bond motifs is 1. The van der Waals surface area contributed by atoms with E-state index in [9.17, 15) is 9.59 Å². The number of carboxylic acid groups (broad SMARTS) is 1. The maximum atomic E-state index is 11.7. The van der Waals surface area contributed by atoms with Crippen molar-refractivity contribution in [1.82, 2.24) is 10.3 Å². The highest BCUT2D eigenvalue weighted by molar-refractivity contribution is 5.91. The van der Waals surface area contributed by atoms with E-state index in [1.54, 1.807) is 18.2 Å². The lowest BCUT2D eigenvalue weighted by Crippen LogP contribution is -2.36. The first kappa shape index (κ1) is 16.1. The normalized spacial score (nSPS) is 14.6. The predicted molar refractivity (Wildman–Crippen MR) is 86.3 cm³/mol. The van der Waals surface area contributed by atoms with Gasteiger partial charge in [-0.15, -0.1) is 0 Å². The topological polar surface area (TPSA) is 117 Å². The second kappa shape index (κ2) is 7.18. The molecule has 1 fully saturated rings. The van der Waals surface area contributed by atoms with Crippen LogP contribution in [0.2, 0.25) is 0 Å². The summed E-state index contributed by atoms with van der Waals surface area (Å²) >= 11 is 0. The largest absolute Gasteiger partial charge is 0.481 e. The molecule has 0 spiro atoms. The Bertz CT molecular complexity index is 739. The summed E-state index contributed by atoms with van der Waals surface area (Å²) in [6.07, 6.45) is -0.128. The Morgan fingerprint density at radius 1 is 1.29 bits per heavy atom. The van der Waals surface area contributed by atoms with Crippen LogP contribution < -0.4 is 15.5 Å². The van der Waals surface area contributed by atoms with E-state index < -0.39 is 12.0 Å². The van der Waals surface area contributed by atoms with Crippen molar-refractivity contribution < 1.29 is 23.8 Å². The van der Waals surface area contributed by atoms with Gasteiger partial charge in [-0.3, -0.25) is 4.79 Å². The van der Waals surface area contributed by atoms with Gasteiger partial charge in [-0.2, -0.15) is 4.98 Å². The summed E-state index contributed by atoms with van der Waals surface area (Å²) in [5.74, 6) is -0.964. The highest BCUT2D eigenvalue weighted by Gasteiger charge is 2.17. The molecule has 0 atom stereocenters. The molecule has 3 N–H and O–H groups in total. The molecule has 3 rings (SSSR count). The Balaban J connectivity index is 1.64. The van der Waals surface area contributed by atoms with E-state index in [1.807, 2.05) is 4.90 Å². The Morgan fingerprint density at radius 3 is 2.83 bits per heavy atom. The Labute approximate surface area is 137 Å². The SMILES string of the molecule is O=C(O)CCNC(=O)Nc1ccc2nc(N3CCOCC3)oc2c1. The zero-order valence-electron chi connectivity index (χ0n) is 12.9. The van der Waals surface area contributed by atoms with Crippen molar-refractivity contribution in [3.63, 3.8) is 0 Å². The van der Waals surface area contributed by atoms with Gasteiger partial charge < -0.3 is 29.8 Å². The highest BCUT2D eigenvalue weighted by Crippen LogP contribution is 2.25. The van der Waals surface area contributed by atoms with E-state index in [2.05, 4.69) is 15.6 Å². The number of morpholine rings is 1. The molecule has 0 saturated carbocycles. The number of amides is 2. The van der Waals surface area contributed by atoms with E-state index in [-0.39, 0.29) is 13.0 Å². The van der Waals surface area contributed by atoms with Crippen LogP contribution in [0.15, 0.2) is 22.6 Å². The molecule has 0 bridgehead atoms. The van der Waals surface area contributed by atoms with Crippen LogP contribution in [-0.2, 0) is 9.53 Å². The van der Waals surface area contributed by atoms with Gasteiger partial charge in [0.2, 0.25) is 0 Å². The average molecular weight is 334 g/mol. The monoisotopic (exact) mass is 334 g/mol. The average Bonchev–Trinajstić information content (AvgIpc) is 2.98. The fourth-order valence-corrected chi connectivity index (χ4v) is 2.34. The van der Waals surface area contributed by atoms with Gasteiger partial charge in [0.25, 0.3) is 6.01 Å². The molecular weight excluding hydrogens is 316 g/mol. The number of anilines is 2. The predicted octanol–water partition coefficient (Wildman–Crippen LogP) is 1.26. The maximum Gasteiger partial charge on any atom is 0.319 e. The summed E-state index contributed by atoms with van der Waals surface area (Å²) in [5, 5.41) is 13.6. The number of aromatic nitrogens is 1. The van der Waals surface area contributed by atoms with Crippen LogP contribution in [0.3, 0.4) is 0 Å². The minimum absolute atomic E-state index is 0.0624. The molecule has 9 heteroatoms. The second-order valence-electron chi connectivity index (χ2n) is 5.30. The van der Waals surface area contributed by atoms with Crippen molar-refractivity contribution in [2.75, 3.05) is 43.1 Å². The fraction of sp³-hybridized carbons (Fsp3) is 0.400. The first-order chi connectivity index (χ1) is 11.6. The van der Waals surface area contributed by atoms with Gasteiger partial charge >= 0.3 is 12.0 Å². The molecule has 2 heterocycles. The lowest BCUT2D eigenvalue weighted by atomic mass is 10.3. The van der Waals surface area contributed by atoms with Crippen molar-refractivity contribution in [1.29, 1.82) is 0 Å². The van der Waals surface area contributed by atoms with Crippen molar-refractivity contribution in [2.45, 2.75) is 6.42 Å². The number of hydrogen-bond acceptors (Lipinski definition) is 6. The summed E-state index contributed by atoms with van der Waals surface area (Å²) in [5.41, 5.74) is 1.81. The summed E-state index contributed by atoms with van der Waals surface area (Å²) in [7, 11) is 0. The number of carbonyl (C=O) groups is 2. The molecule has 1 aliphatic rings. The van der Waals surface area contributed by atoms with Crippen LogP contribution in [-0.4, -0.2) is 54.9 Å². The van der Waals surface area contributed by atoms with E-state index in [0.29, 0.717) is 36.0 Å². The molecular formula is C15H18N4O5. The van der Waals surface area contributed by atoms with Gasteiger partial charge in [0.05, 0.1) is 19.6 Å². The summed E-state index contributed by atoms with van der Waals surface area (Å²) in [6, 6.07) is 5.23. The molecule has 1 aliphatic heterocycles. The first-order valence-electron chi connectivity index (χ1n) is 7.62. The van der Waals surface area contributed by atoms with E-state index in [0.717, 1.165) is 13.1 Å². The van der Waals surface area contributed by atoms with E-state index >= 15 is 0 Å². The second-order valence-corrected chi connectivity index (χ2v) is 5.30. The number of benzene rings is 1. The van der Waals surface area contributed by atoms with Crippen LogP contribution in [0, 0.1) is 0 Å². The van der Waals surface area contributed by atoms with Gasteiger partial charge in [-0.05, 0) is 12.1 Å². The number of aliphatic carboxylic acids is 1.